The van der Waals surface area contributed by atoms with Gasteiger partial charge < -0.3 is 14.2 Å². The lowest BCUT2D eigenvalue weighted by Crippen LogP contribution is -2.35. The lowest BCUT2D eigenvalue weighted by Gasteiger charge is -2.26. The molecular weight excluding hydrogens is 395 g/mol. The Kier molecular flexibility index (Phi) is 4.59. The molecule has 0 fully saturated rings. The van der Waals surface area contributed by atoms with E-state index in [0.717, 1.165) is 10.8 Å². The van der Waals surface area contributed by atoms with Gasteiger partial charge in [0.25, 0.3) is 5.91 Å². The zero-order chi connectivity index (χ0) is 21.7. The third-order valence-corrected chi connectivity index (χ3v) is 5.83. The third kappa shape index (κ3) is 3.11. The molecule has 1 aromatic heterocycles. The molecule has 0 saturated heterocycles. The molecule has 0 unspecified atom stereocenters. The van der Waals surface area contributed by atoms with Crippen molar-refractivity contribution in [1.29, 1.82) is 0 Å². The van der Waals surface area contributed by atoms with Crippen LogP contribution in [0.2, 0.25) is 0 Å². The molecule has 1 aliphatic rings. The highest BCUT2D eigenvalue weighted by atomic mass is 19.1. The lowest BCUT2D eigenvalue weighted by molar-refractivity contribution is 0.0716. The zero-order valence-corrected chi connectivity index (χ0v) is 17.3. The summed E-state index contributed by atoms with van der Waals surface area (Å²) >= 11 is 0. The number of nitrogens with zero attached hydrogens (tertiary/aromatic N) is 2. The molecule has 0 N–H and O–H groups in total. The fourth-order valence-electron chi connectivity index (χ4n) is 4.28. The zero-order valence-electron chi connectivity index (χ0n) is 17.3. The maximum Gasteiger partial charge on any atom is 0.290 e. The van der Waals surface area contributed by atoms with Crippen LogP contribution in [-0.4, -0.2) is 42.9 Å². The summed E-state index contributed by atoms with van der Waals surface area (Å²) in [7, 11) is 3.84. The third-order valence-electron chi connectivity index (χ3n) is 5.83. The maximum atomic E-state index is 13.6. The Bertz CT molecular complexity index is 1380. The van der Waals surface area contributed by atoms with Crippen molar-refractivity contribution in [1.82, 2.24) is 9.80 Å². The Labute approximate surface area is 178 Å². The predicted molar refractivity (Wildman–Crippen MR) is 118 cm³/mol. The molecule has 3 aromatic carbocycles. The lowest BCUT2D eigenvalue weighted by atomic mass is 9.97. The predicted octanol–water partition coefficient (Wildman–Crippen LogP) is 4.19. The van der Waals surface area contributed by atoms with Crippen LogP contribution in [0, 0.1) is 5.82 Å². The van der Waals surface area contributed by atoms with E-state index in [1.54, 1.807) is 23.1 Å². The summed E-state index contributed by atoms with van der Waals surface area (Å²) in [5, 5.41) is 2.16. The van der Waals surface area contributed by atoms with Gasteiger partial charge in [-0.25, -0.2) is 4.39 Å². The van der Waals surface area contributed by atoms with Crippen LogP contribution < -0.4 is 5.43 Å². The number of rotatable bonds is 4. The molecule has 0 aliphatic carbocycles. The summed E-state index contributed by atoms with van der Waals surface area (Å²) in [6.07, 6.45) is 0. The van der Waals surface area contributed by atoms with Gasteiger partial charge in [0.2, 0.25) is 5.76 Å². The largest absolute Gasteiger partial charge is 0.450 e. The Balaban J connectivity index is 1.77. The van der Waals surface area contributed by atoms with Gasteiger partial charge in [0.1, 0.15) is 11.4 Å². The Morgan fingerprint density at radius 3 is 2.45 bits per heavy atom. The van der Waals surface area contributed by atoms with Gasteiger partial charge in [-0.15, -0.1) is 0 Å². The summed E-state index contributed by atoms with van der Waals surface area (Å²) in [6, 6.07) is 16.6. The topological polar surface area (TPSA) is 53.8 Å². The first-order valence-electron chi connectivity index (χ1n) is 10.2. The van der Waals surface area contributed by atoms with E-state index >= 15 is 0 Å². The van der Waals surface area contributed by atoms with Crippen molar-refractivity contribution >= 4 is 27.6 Å². The molecule has 1 atom stereocenters. The van der Waals surface area contributed by atoms with E-state index < -0.39 is 6.04 Å². The molecule has 5 nitrogen and oxygen atoms in total. The van der Waals surface area contributed by atoms with Crippen LogP contribution in [0.25, 0.3) is 21.7 Å². The van der Waals surface area contributed by atoms with E-state index in [1.807, 2.05) is 49.3 Å². The Morgan fingerprint density at radius 1 is 0.968 bits per heavy atom. The molecular formula is C25H21FN2O3. The normalized spacial score (nSPS) is 15.9. The van der Waals surface area contributed by atoms with E-state index in [2.05, 4.69) is 0 Å². The second-order valence-corrected chi connectivity index (χ2v) is 8.09. The molecule has 0 saturated carbocycles. The fraction of sp³-hybridized carbons (Fsp3) is 0.200. The number of amides is 1. The van der Waals surface area contributed by atoms with E-state index in [4.69, 9.17) is 4.42 Å². The van der Waals surface area contributed by atoms with Crippen LogP contribution >= 0.6 is 0 Å². The molecule has 1 aliphatic heterocycles. The summed E-state index contributed by atoms with van der Waals surface area (Å²) in [5.41, 5.74) is 1.19. The minimum atomic E-state index is -0.616. The quantitative estimate of drug-likeness (QED) is 0.468. The van der Waals surface area contributed by atoms with Crippen molar-refractivity contribution in [2.24, 2.45) is 0 Å². The molecule has 0 spiro atoms. The highest BCUT2D eigenvalue weighted by Crippen LogP contribution is 2.39. The number of halogens is 1. The van der Waals surface area contributed by atoms with Gasteiger partial charge in [0.15, 0.2) is 5.43 Å². The van der Waals surface area contributed by atoms with E-state index in [0.29, 0.717) is 35.2 Å². The first kappa shape index (κ1) is 19.5. The van der Waals surface area contributed by atoms with E-state index in [1.165, 1.54) is 12.1 Å². The second kappa shape index (κ2) is 7.32. The van der Waals surface area contributed by atoms with Gasteiger partial charge in [-0.2, -0.15) is 0 Å². The molecule has 2 heterocycles. The van der Waals surface area contributed by atoms with Crippen LogP contribution in [0.3, 0.4) is 0 Å². The molecule has 4 aromatic rings. The number of carbonyl (C=O) groups is 1. The van der Waals surface area contributed by atoms with Crippen molar-refractivity contribution < 1.29 is 13.6 Å². The molecule has 0 bridgehead atoms. The average Bonchev–Trinajstić information content (AvgIpc) is 3.05. The Hall–Kier alpha value is -3.51. The van der Waals surface area contributed by atoms with E-state index in [9.17, 15) is 14.0 Å². The molecule has 5 rings (SSSR count). The highest BCUT2D eigenvalue weighted by Gasteiger charge is 2.42. The number of likely N-dealkylation sites (N-methyl/N-ethyl adjacent to an activating group) is 1. The summed E-state index contributed by atoms with van der Waals surface area (Å²) in [4.78, 5) is 30.6. The summed E-state index contributed by atoms with van der Waals surface area (Å²) in [6.45, 7) is 1.03. The molecule has 31 heavy (non-hydrogen) atoms. The van der Waals surface area contributed by atoms with Gasteiger partial charge in [0, 0.05) is 18.5 Å². The second-order valence-electron chi connectivity index (χ2n) is 8.09. The molecule has 156 valence electrons. The van der Waals surface area contributed by atoms with E-state index in [-0.39, 0.29) is 22.9 Å². The smallest absolute Gasteiger partial charge is 0.290 e. The van der Waals surface area contributed by atoms with Crippen molar-refractivity contribution in [2.75, 3.05) is 27.2 Å². The van der Waals surface area contributed by atoms with Crippen LogP contribution in [0.4, 0.5) is 4.39 Å². The fourth-order valence-corrected chi connectivity index (χ4v) is 4.28. The van der Waals surface area contributed by atoms with Crippen molar-refractivity contribution in [3.63, 3.8) is 0 Å². The minimum Gasteiger partial charge on any atom is -0.450 e. The summed E-state index contributed by atoms with van der Waals surface area (Å²) < 4.78 is 19.7. The van der Waals surface area contributed by atoms with Crippen LogP contribution in [0.1, 0.15) is 27.7 Å². The van der Waals surface area contributed by atoms with Crippen molar-refractivity contribution in [2.45, 2.75) is 6.04 Å². The van der Waals surface area contributed by atoms with Crippen molar-refractivity contribution in [3.05, 3.63) is 93.6 Å². The first-order valence-corrected chi connectivity index (χ1v) is 10.2. The van der Waals surface area contributed by atoms with Crippen LogP contribution in [-0.2, 0) is 0 Å². The SMILES string of the molecule is CN(C)CCN1C(=O)c2oc3c(ccc4ccccc43)c(=O)c2[C@H]1c1ccc(F)cc1. The monoisotopic (exact) mass is 416 g/mol. The van der Waals surface area contributed by atoms with Crippen LogP contribution in [0.15, 0.2) is 69.9 Å². The highest BCUT2D eigenvalue weighted by molar-refractivity contribution is 6.06. The van der Waals surface area contributed by atoms with Crippen molar-refractivity contribution in [3.8, 4) is 0 Å². The number of fused-ring (bicyclic) bond motifs is 4. The standard InChI is InChI=1S/C25H21FN2O3/c1-27(2)13-14-28-21(16-7-10-17(26)11-8-16)20-22(29)19-12-9-15-5-3-4-6-18(15)23(19)31-24(20)25(28)30/h3-12,21H,13-14H2,1-2H3/t21-/m1/s1. The number of hydrogen-bond donors (Lipinski definition) is 0. The minimum absolute atomic E-state index is 0.0712. The molecule has 0 radical (unpaired) electrons. The number of carbonyl (C=O) groups excluding carboxylic acids is 1. The first-order chi connectivity index (χ1) is 15.0. The number of benzene rings is 3. The average molecular weight is 416 g/mol. The van der Waals surface area contributed by atoms with Gasteiger partial charge >= 0.3 is 0 Å². The van der Waals surface area contributed by atoms with Crippen LogP contribution in [0.5, 0.6) is 0 Å². The van der Waals surface area contributed by atoms with Gasteiger partial charge in [-0.1, -0.05) is 42.5 Å². The number of hydrogen-bond acceptors (Lipinski definition) is 4. The molecule has 1 amide bonds. The maximum absolute atomic E-state index is 13.6. The summed E-state index contributed by atoms with van der Waals surface area (Å²) in [5.74, 6) is -0.620. The van der Waals surface area contributed by atoms with Gasteiger partial charge in [0.05, 0.1) is 17.0 Å². The van der Waals surface area contributed by atoms with Gasteiger partial charge in [-0.05, 0) is 43.2 Å². The Morgan fingerprint density at radius 2 is 1.71 bits per heavy atom. The molecule has 6 heteroatoms. The van der Waals surface area contributed by atoms with Gasteiger partial charge in [-0.3, -0.25) is 9.59 Å².